The number of benzene rings is 1. The Kier molecular flexibility index (Phi) is 3.06. The van der Waals surface area contributed by atoms with Crippen LogP contribution in [-0.2, 0) is 10.8 Å². The molecule has 2 atom stereocenters. The van der Waals surface area contributed by atoms with E-state index in [4.69, 9.17) is 0 Å². The van der Waals surface area contributed by atoms with Gasteiger partial charge in [-0.25, -0.2) is 0 Å². The van der Waals surface area contributed by atoms with E-state index in [1.54, 1.807) is 0 Å². The van der Waals surface area contributed by atoms with Crippen LogP contribution in [-0.4, -0.2) is 15.7 Å². The first-order chi connectivity index (χ1) is 6.38. The summed E-state index contributed by atoms with van der Waals surface area (Å²) in [5, 5.41) is 0. The summed E-state index contributed by atoms with van der Waals surface area (Å²) in [6.07, 6.45) is 1.10. The molecule has 1 aromatic rings. The molecule has 0 radical (unpaired) electrons. The van der Waals surface area contributed by atoms with Crippen LogP contribution in [0.5, 0.6) is 0 Å². The Hall–Kier alpha value is -0.280. The molecular weight excluding hydrogens is 200 g/mol. The lowest BCUT2D eigenvalue weighted by molar-refractivity contribution is 0.679. The van der Waals surface area contributed by atoms with Crippen LogP contribution in [0.3, 0.4) is 0 Å². The highest BCUT2D eigenvalue weighted by molar-refractivity contribution is 8.11. The highest BCUT2D eigenvalue weighted by Gasteiger charge is 2.22. The molecule has 0 amide bonds. The molecule has 0 unspecified atom stereocenters. The van der Waals surface area contributed by atoms with Crippen molar-refractivity contribution in [3.8, 4) is 0 Å². The first-order valence-electron chi connectivity index (χ1n) is 4.41. The molecule has 0 aromatic heterocycles. The van der Waals surface area contributed by atoms with Crippen LogP contribution >= 0.6 is 11.8 Å². The highest BCUT2D eigenvalue weighted by Crippen LogP contribution is 2.36. The Morgan fingerprint density at radius 2 is 2.08 bits per heavy atom. The van der Waals surface area contributed by atoms with Crippen LogP contribution < -0.4 is 0 Å². The Morgan fingerprint density at radius 1 is 1.31 bits per heavy atom. The van der Waals surface area contributed by atoms with E-state index in [-0.39, 0.29) is 4.58 Å². The number of rotatable bonds is 1. The van der Waals surface area contributed by atoms with Gasteiger partial charge in [-0.3, -0.25) is 4.21 Å². The van der Waals surface area contributed by atoms with Crippen molar-refractivity contribution in [3.05, 3.63) is 35.9 Å². The molecule has 0 spiro atoms. The molecule has 1 saturated heterocycles. The first-order valence-corrected chi connectivity index (χ1v) is 6.85. The summed E-state index contributed by atoms with van der Waals surface area (Å²) in [5.41, 5.74) is 1.21. The molecule has 3 heteroatoms. The minimum atomic E-state index is -0.666. The molecule has 1 aromatic carbocycles. The van der Waals surface area contributed by atoms with Gasteiger partial charge in [-0.05, 0) is 17.7 Å². The maximum absolute atomic E-state index is 11.7. The molecule has 13 heavy (non-hydrogen) atoms. The zero-order chi connectivity index (χ0) is 9.10. The van der Waals surface area contributed by atoms with E-state index in [0.29, 0.717) is 0 Å². The zero-order valence-electron chi connectivity index (χ0n) is 7.31. The fourth-order valence-corrected chi connectivity index (χ4v) is 4.78. The predicted octanol–water partition coefficient (Wildman–Crippen LogP) is 2.57. The van der Waals surface area contributed by atoms with E-state index in [1.807, 2.05) is 30.0 Å². The molecular formula is C10H12OS2. The lowest BCUT2D eigenvalue weighted by Crippen LogP contribution is -2.13. The lowest BCUT2D eigenvalue weighted by Gasteiger charge is -2.20. The van der Waals surface area contributed by atoms with Crippen LogP contribution in [0.15, 0.2) is 30.3 Å². The second kappa shape index (κ2) is 4.29. The van der Waals surface area contributed by atoms with Crippen LogP contribution in [0, 0.1) is 0 Å². The molecule has 2 rings (SSSR count). The molecule has 1 fully saturated rings. The fraction of sp³-hybridized carbons (Fsp3) is 0.400. The topological polar surface area (TPSA) is 17.1 Å². The first kappa shape index (κ1) is 9.28. The molecule has 0 bridgehead atoms. The van der Waals surface area contributed by atoms with Crippen molar-refractivity contribution < 1.29 is 4.21 Å². The average molecular weight is 212 g/mol. The van der Waals surface area contributed by atoms with Gasteiger partial charge in [0.05, 0.1) is 0 Å². The third kappa shape index (κ3) is 2.15. The van der Waals surface area contributed by atoms with Gasteiger partial charge < -0.3 is 0 Å². The fourth-order valence-electron chi connectivity index (χ4n) is 1.43. The maximum Gasteiger partial charge on any atom is 0.105 e. The smallest absolute Gasteiger partial charge is 0.105 e. The van der Waals surface area contributed by atoms with E-state index in [9.17, 15) is 4.21 Å². The Bertz CT molecular complexity index is 297. The van der Waals surface area contributed by atoms with Crippen molar-refractivity contribution in [2.45, 2.75) is 11.0 Å². The van der Waals surface area contributed by atoms with Crippen molar-refractivity contribution in [3.63, 3.8) is 0 Å². The number of hydrogen-bond donors (Lipinski definition) is 0. The molecule has 0 aliphatic carbocycles. The van der Waals surface area contributed by atoms with Gasteiger partial charge in [0.2, 0.25) is 0 Å². The van der Waals surface area contributed by atoms with E-state index < -0.39 is 10.8 Å². The highest BCUT2D eigenvalue weighted by atomic mass is 32.2. The Balaban J connectivity index is 2.20. The maximum atomic E-state index is 11.7. The Morgan fingerprint density at radius 3 is 2.77 bits per heavy atom. The van der Waals surface area contributed by atoms with Gasteiger partial charge in [-0.15, -0.1) is 11.8 Å². The molecule has 0 saturated carbocycles. The summed E-state index contributed by atoms with van der Waals surface area (Å²) < 4.78 is 11.9. The summed E-state index contributed by atoms with van der Waals surface area (Å²) in [5.74, 6) is 2.01. The van der Waals surface area contributed by atoms with E-state index >= 15 is 0 Å². The van der Waals surface area contributed by atoms with E-state index in [0.717, 1.165) is 17.9 Å². The molecule has 0 N–H and O–H groups in total. The van der Waals surface area contributed by atoms with Gasteiger partial charge in [-0.2, -0.15) is 0 Å². The van der Waals surface area contributed by atoms with Crippen molar-refractivity contribution in [2.24, 2.45) is 0 Å². The predicted molar refractivity (Wildman–Crippen MR) is 59.3 cm³/mol. The third-order valence-electron chi connectivity index (χ3n) is 2.07. The van der Waals surface area contributed by atoms with Gasteiger partial charge in [0.15, 0.2) is 0 Å². The van der Waals surface area contributed by atoms with Crippen molar-refractivity contribution in [1.29, 1.82) is 0 Å². The molecule has 70 valence electrons. The number of thioether (sulfide) groups is 1. The Labute approximate surface area is 85.4 Å². The van der Waals surface area contributed by atoms with Crippen molar-refractivity contribution in [1.82, 2.24) is 0 Å². The van der Waals surface area contributed by atoms with Gasteiger partial charge >= 0.3 is 0 Å². The number of hydrogen-bond acceptors (Lipinski definition) is 2. The monoisotopic (exact) mass is 212 g/mol. The van der Waals surface area contributed by atoms with Crippen LogP contribution in [0.25, 0.3) is 0 Å². The molecule has 1 heterocycles. The summed E-state index contributed by atoms with van der Waals surface area (Å²) in [4.78, 5) is 0. The van der Waals surface area contributed by atoms with Crippen molar-refractivity contribution >= 4 is 22.6 Å². The summed E-state index contributed by atoms with van der Waals surface area (Å²) in [7, 11) is -0.666. The summed E-state index contributed by atoms with van der Waals surface area (Å²) >= 11 is 1.82. The minimum Gasteiger partial charge on any atom is -0.258 e. The largest absolute Gasteiger partial charge is 0.258 e. The van der Waals surface area contributed by atoms with E-state index in [2.05, 4.69) is 12.1 Å². The molecule has 1 aliphatic heterocycles. The zero-order valence-corrected chi connectivity index (χ0v) is 8.94. The molecule has 1 aliphatic rings. The third-order valence-corrected chi connectivity index (χ3v) is 5.66. The average Bonchev–Trinajstić information content (AvgIpc) is 2.20. The summed E-state index contributed by atoms with van der Waals surface area (Å²) in [6, 6.07) is 10.2. The molecule has 1 nitrogen and oxygen atoms in total. The quantitative estimate of drug-likeness (QED) is 0.711. The lowest BCUT2D eigenvalue weighted by atomic mass is 10.2. The normalized spacial score (nSPS) is 28.6. The van der Waals surface area contributed by atoms with Crippen LogP contribution in [0.1, 0.15) is 16.6 Å². The standard InChI is InChI=1S/C10H12OS2/c11-13-8-4-7-12-10(13)9-5-2-1-3-6-9/h1-3,5-6,10H,4,7-8H2/t10-,13+/m1/s1. The van der Waals surface area contributed by atoms with Gasteiger partial charge in [0, 0.05) is 16.6 Å². The van der Waals surface area contributed by atoms with Gasteiger partial charge in [0.25, 0.3) is 0 Å². The minimum absolute atomic E-state index is 0.218. The van der Waals surface area contributed by atoms with Crippen LogP contribution in [0.2, 0.25) is 0 Å². The second-order valence-corrected chi connectivity index (χ2v) is 6.20. The van der Waals surface area contributed by atoms with Gasteiger partial charge in [0.1, 0.15) is 4.58 Å². The van der Waals surface area contributed by atoms with E-state index in [1.165, 1.54) is 5.56 Å². The SMILES string of the molecule is O=[S@]1CCCS[C@H]1c1ccccc1. The second-order valence-electron chi connectivity index (χ2n) is 3.05. The van der Waals surface area contributed by atoms with Gasteiger partial charge in [-0.1, -0.05) is 30.3 Å². The summed E-state index contributed by atoms with van der Waals surface area (Å²) in [6.45, 7) is 0. The van der Waals surface area contributed by atoms with Crippen LogP contribution in [0.4, 0.5) is 0 Å². The van der Waals surface area contributed by atoms with Crippen molar-refractivity contribution in [2.75, 3.05) is 11.5 Å².